The van der Waals surface area contributed by atoms with Crippen LogP contribution in [0.4, 0.5) is 18.9 Å². The first kappa shape index (κ1) is 17.1. The second kappa shape index (κ2) is 7.17. The Morgan fingerprint density at radius 2 is 2.10 bits per heavy atom. The molecule has 0 saturated carbocycles. The van der Waals surface area contributed by atoms with Crippen molar-refractivity contribution >= 4 is 34.7 Å². The van der Waals surface area contributed by atoms with Gasteiger partial charge in [0.25, 0.3) is 0 Å². The Kier molecular flexibility index (Phi) is 6.13. The highest BCUT2D eigenvalue weighted by Crippen LogP contribution is 2.33. The van der Waals surface area contributed by atoms with Crippen molar-refractivity contribution in [1.82, 2.24) is 0 Å². The summed E-state index contributed by atoms with van der Waals surface area (Å²) in [6.07, 6.45) is -1.51. The van der Waals surface area contributed by atoms with E-state index < -0.39 is 11.7 Å². The van der Waals surface area contributed by atoms with Crippen LogP contribution in [-0.2, 0) is 6.18 Å². The summed E-state index contributed by atoms with van der Waals surface area (Å²) >= 11 is 6.44. The quantitative estimate of drug-likeness (QED) is 0.779. The van der Waals surface area contributed by atoms with Gasteiger partial charge >= 0.3 is 6.18 Å². The van der Waals surface area contributed by atoms with E-state index in [1.165, 1.54) is 12.1 Å². The third kappa shape index (κ3) is 4.86. The summed E-state index contributed by atoms with van der Waals surface area (Å²) in [6.45, 7) is 2.78. The second-order valence-electron chi connectivity index (χ2n) is 4.38. The molecule has 0 aliphatic rings. The van der Waals surface area contributed by atoms with Crippen molar-refractivity contribution in [2.75, 3.05) is 18.1 Å². The van der Waals surface area contributed by atoms with Gasteiger partial charge in [-0.25, -0.2) is 0 Å². The van der Waals surface area contributed by atoms with Crippen molar-refractivity contribution in [3.05, 3.63) is 29.3 Å². The van der Waals surface area contributed by atoms with Gasteiger partial charge in [-0.1, -0.05) is 19.1 Å². The normalized spacial score (nSPS) is 13.1. The lowest BCUT2D eigenvalue weighted by atomic mass is 10.1. The standard InChI is InChI=1S/C13H17F3N2S2/c1-8(20-2)5-6-18-9-3-4-11(13(14,15)16)10(7-9)12(17)19/h3-4,7-8,18H,5-6H2,1-2H3,(H2,17,19). The molecule has 7 heteroatoms. The van der Waals surface area contributed by atoms with Crippen LogP contribution in [0.5, 0.6) is 0 Å². The number of hydrogen-bond donors (Lipinski definition) is 2. The van der Waals surface area contributed by atoms with Gasteiger partial charge in [0.15, 0.2) is 0 Å². The van der Waals surface area contributed by atoms with Gasteiger partial charge in [-0.2, -0.15) is 24.9 Å². The third-order valence-corrected chi connectivity index (χ3v) is 4.13. The van der Waals surface area contributed by atoms with Crippen LogP contribution < -0.4 is 11.1 Å². The smallest absolute Gasteiger partial charge is 0.389 e. The Morgan fingerprint density at radius 1 is 1.45 bits per heavy atom. The molecule has 1 aromatic carbocycles. The van der Waals surface area contributed by atoms with E-state index in [9.17, 15) is 13.2 Å². The first-order valence-corrected chi connectivity index (χ1v) is 7.73. The second-order valence-corrected chi connectivity index (χ2v) is 6.10. The predicted molar refractivity (Wildman–Crippen MR) is 83.4 cm³/mol. The van der Waals surface area contributed by atoms with E-state index in [0.29, 0.717) is 17.5 Å². The molecule has 0 aliphatic carbocycles. The first-order chi connectivity index (χ1) is 9.25. The van der Waals surface area contributed by atoms with E-state index in [1.807, 2.05) is 6.26 Å². The van der Waals surface area contributed by atoms with Gasteiger partial charge in [0.05, 0.1) is 5.56 Å². The number of thiocarbonyl (C=S) groups is 1. The van der Waals surface area contributed by atoms with Crippen LogP contribution in [0.1, 0.15) is 24.5 Å². The summed E-state index contributed by atoms with van der Waals surface area (Å²) in [5.74, 6) is 0. The van der Waals surface area contributed by atoms with Crippen LogP contribution in [0.15, 0.2) is 18.2 Å². The van der Waals surface area contributed by atoms with Crippen LogP contribution in [0.3, 0.4) is 0 Å². The molecule has 1 atom stereocenters. The highest BCUT2D eigenvalue weighted by atomic mass is 32.2. The maximum Gasteiger partial charge on any atom is 0.417 e. The van der Waals surface area contributed by atoms with E-state index in [-0.39, 0.29) is 10.6 Å². The molecule has 0 fully saturated rings. The number of hydrogen-bond acceptors (Lipinski definition) is 3. The maximum absolute atomic E-state index is 12.8. The molecule has 1 rings (SSSR count). The molecule has 1 unspecified atom stereocenters. The third-order valence-electron chi connectivity index (χ3n) is 2.87. The lowest BCUT2D eigenvalue weighted by Crippen LogP contribution is -2.18. The van der Waals surface area contributed by atoms with Gasteiger partial charge < -0.3 is 11.1 Å². The number of benzene rings is 1. The molecule has 112 valence electrons. The number of nitrogens with one attached hydrogen (secondary N) is 1. The fraction of sp³-hybridized carbons (Fsp3) is 0.462. The summed E-state index contributed by atoms with van der Waals surface area (Å²) in [7, 11) is 0. The minimum absolute atomic E-state index is 0.143. The van der Waals surface area contributed by atoms with Crippen molar-refractivity contribution in [2.45, 2.75) is 24.8 Å². The lowest BCUT2D eigenvalue weighted by Gasteiger charge is -2.15. The average molecular weight is 322 g/mol. The molecule has 20 heavy (non-hydrogen) atoms. The van der Waals surface area contributed by atoms with E-state index in [1.54, 1.807) is 11.8 Å². The van der Waals surface area contributed by atoms with Crippen molar-refractivity contribution in [2.24, 2.45) is 5.73 Å². The predicted octanol–water partition coefficient (Wildman–Crippen LogP) is 3.89. The lowest BCUT2D eigenvalue weighted by molar-refractivity contribution is -0.137. The molecular weight excluding hydrogens is 305 g/mol. The molecule has 1 aromatic rings. The van der Waals surface area contributed by atoms with Crippen LogP contribution in [0.25, 0.3) is 0 Å². The van der Waals surface area contributed by atoms with Gasteiger partial charge in [-0.15, -0.1) is 0 Å². The fourth-order valence-corrected chi connectivity index (χ4v) is 2.17. The topological polar surface area (TPSA) is 38.0 Å². The SMILES string of the molecule is CSC(C)CCNc1ccc(C(F)(F)F)c(C(N)=S)c1. The molecule has 0 saturated heterocycles. The molecule has 2 nitrogen and oxygen atoms in total. The van der Waals surface area contributed by atoms with Crippen molar-refractivity contribution in [1.29, 1.82) is 0 Å². The van der Waals surface area contributed by atoms with Crippen LogP contribution in [-0.4, -0.2) is 23.0 Å². The first-order valence-electron chi connectivity index (χ1n) is 6.03. The summed E-state index contributed by atoms with van der Waals surface area (Å²) in [5, 5.41) is 3.58. The van der Waals surface area contributed by atoms with Crippen molar-refractivity contribution in [3.63, 3.8) is 0 Å². The summed E-state index contributed by atoms with van der Waals surface area (Å²) in [4.78, 5) is -0.251. The maximum atomic E-state index is 12.8. The average Bonchev–Trinajstić information content (AvgIpc) is 2.37. The van der Waals surface area contributed by atoms with Crippen molar-refractivity contribution < 1.29 is 13.2 Å². The zero-order valence-electron chi connectivity index (χ0n) is 11.3. The van der Waals surface area contributed by atoms with E-state index in [0.717, 1.165) is 12.5 Å². The molecule has 0 bridgehead atoms. The zero-order valence-corrected chi connectivity index (χ0v) is 12.9. The van der Waals surface area contributed by atoms with Crippen LogP contribution in [0, 0.1) is 0 Å². The number of halogens is 3. The van der Waals surface area contributed by atoms with Gasteiger partial charge in [0.2, 0.25) is 0 Å². The van der Waals surface area contributed by atoms with Gasteiger partial charge in [0, 0.05) is 23.0 Å². The van der Waals surface area contributed by atoms with E-state index >= 15 is 0 Å². The summed E-state index contributed by atoms with van der Waals surface area (Å²) < 4.78 is 38.4. The van der Waals surface area contributed by atoms with Crippen molar-refractivity contribution in [3.8, 4) is 0 Å². The van der Waals surface area contributed by atoms with E-state index in [2.05, 4.69) is 12.2 Å². The number of rotatable bonds is 6. The molecule has 0 heterocycles. The molecule has 0 aliphatic heterocycles. The highest BCUT2D eigenvalue weighted by Gasteiger charge is 2.33. The number of nitrogens with two attached hydrogens (primary N) is 1. The molecular formula is C13H17F3N2S2. The Morgan fingerprint density at radius 3 is 2.60 bits per heavy atom. The van der Waals surface area contributed by atoms with Gasteiger partial charge in [-0.05, 0) is 30.9 Å². The van der Waals surface area contributed by atoms with Gasteiger partial charge in [0.1, 0.15) is 4.99 Å². The Bertz CT molecular complexity index is 475. The van der Waals surface area contributed by atoms with Gasteiger partial charge in [-0.3, -0.25) is 0 Å². The summed E-state index contributed by atoms with van der Waals surface area (Å²) in [6, 6.07) is 3.76. The fourth-order valence-electron chi connectivity index (χ4n) is 1.64. The minimum Gasteiger partial charge on any atom is -0.389 e. The molecule has 0 spiro atoms. The number of anilines is 1. The minimum atomic E-state index is -4.45. The van der Waals surface area contributed by atoms with Crippen LogP contribution in [0.2, 0.25) is 0 Å². The highest BCUT2D eigenvalue weighted by molar-refractivity contribution is 7.99. The molecule has 3 N–H and O–H groups in total. The number of alkyl halides is 3. The zero-order chi connectivity index (χ0) is 15.3. The monoisotopic (exact) mass is 322 g/mol. The van der Waals surface area contributed by atoms with Crippen LogP contribution >= 0.6 is 24.0 Å². The largest absolute Gasteiger partial charge is 0.417 e. The summed E-state index contributed by atoms with van der Waals surface area (Å²) in [5.41, 5.74) is 5.03. The molecule has 0 aromatic heterocycles. The van der Waals surface area contributed by atoms with E-state index in [4.69, 9.17) is 18.0 Å². The Labute approximate surface area is 126 Å². The number of thioether (sulfide) groups is 1. The Hall–Kier alpha value is -0.950. The Balaban J connectivity index is 2.86. The molecule has 0 radical (unpaired) electrons. The molecule has 0 amide bonds.